The van der Waals surface area contributed by atoms with Gasteiger partial charge in [-0.05, 0) is 18.6 Å². The van der Waals surface area contributed by atoms with Gasteiger partial charge >= 0.3 is 0 Å². The van der Waals surface area contributed by atoms with Crippen molar-refractivity contribution in [3.05, 3.63) is 36.2 Å². The van der Waals surface area contributed by atoms with Crippen molar-refractivity contribution in [2.45, 2.75) is 19.8 Å². The summed E-state index contributed by atoms with van der Waals surface area (Å²) in [5.74, 6) is -0.0602. The average Bonchev–Trinajstić information content (AvgIpc) is 2.18. The molecule has 0 saturated heterocycles. The first-order chi connectivity index (χ1) is 6.65. The molecule has 0 fully saturated rings. The van der Waals surface area contributed by atoms with Crippen molar-refractivity contribution in [3.63, 3.8) is 0 Å². The molecule has 0 aromatic carbocycles. The highest BCUT2D eigenvalue weighted by Crippen LogP contribution is 2.13. The zero-order valence-electron chi connectivity index (χ0n) is 8.29. The Balaban J connectivity index is 2.80. The lowest BCUT2D eigenvalue weighted by molar-refractivity contribution is 0.0988. The summed E-state index contributed by atoms with van der Waals surface area (Å²) in [5.41, 5.74) is 7.31. The van der Waals surface area contributed by atoms with Gasteiger partial charge in [0.25, 0.3) is 0 Å². The Morgan fingerprint density at radius 2 is 2.36 bits per heavy atom. The number of hydrogen-bond donors (Lipinski definition) is 1. The molecule has 3 nitrogen and oxygen atoms in total. The van der Waals surface area contributed by atoms with E-state index in [9.17, 15) is 4.79 Å². The molecule has 3 heteroatoms. The molecule has 1 aromatic heterocycles. The summed E-state index contributed by atoms with van der Waals surface area (Å²) < 4.78 is 0. The molecule has 0 spiro atoms. The third-order valence-corrected chi connectivity index (χ3v) is 2.01. The van der Waals surface area contributed by atoms with E-state index in [0.717, 1.165) is 12.0 Å². The van der Waals surface area contributed by atoms with E-state index in [2.05, 4.69) is 11.6 Å². The number of nitrogen functional groups attached to an aromatic ring is 1. The third kappa shape index (κ3) is 2.42. The van der Waals surface area contributed by atoms with Crippen LogP contribution in [0.5, 0.6) is 0 Å². The average molecular weight is 190 g/mol. The Hall–Kier alpha value is -1.64. The van der Waals surface area contributed by atoms with Crippen molar-refractivity contribution < 1.29 is 4.79 Å². The maximum atomic E-state index is 11.6. The van der Waals surface area contributed by atoms with E-state index in [1.807, 2.05) is 6.92 Å². The number of nitrogens with zero attached hydrogens (tertiary/aromatic N) is 1. The molecule has 0 amide bonds. The van der Waals surface area contributed by atoms with E-state index in [1.165, 1.54) is 0 Å². The minimum Gasteiger partial charge on any atom is -0.397 e. The van der Waals surface area contributed by atoms with Gasteiger partial charge in [-0.3, -0.25) is 9.78 Å². The standard InChI is InChI=1S/C11H14N2O/c1-3-8(2)7-10(14)11-9(12)5-4-6-13-11/h4-6H,2-3,7,12H2,1H3. The first-order valence-corrected chi connectivity index (χ1v) is 4.55. The molecule has 1 heterocycles. The van der Waals surface area contributed by atoms with Crippen LogP contribution in [-0.4, -0.2) is 10.8 Å². The van der Waals surface area contributed by atoms with Crippen LogP contribution in [0.25, 0.3) is 0 Å². The quantitative estimate of drug-likeness (QED) is 0.585. The predicted octanol–water partition coefficient (Wildman–Crippen LogP) is 2.20. The fourth-order valence-corrected chi connectivity index (χ4v) is 1.09. The molecule has 0 radical (unpaired) electrons. The van der Waals surface area contributed by atoms with E-state index in [-0.39, 0.29) is 5.78 Å². The highest BCUT2D eigenvalue weighted by atomic mass is 16.1. The molecule has 0 bridgehead atoms. The minimum absolute atomic E-state index is 0.0602. The van der Waals surface area contributed by atoms with Crippen LogP contribution >= 0.6 is 0 Å². The summed E-state index contributed by atoms with van der Waals surface area (Å²) in [6.07, 6.45) is 2.70. The van der Waals surface area contributed by atoms with Gasteiger partial charge in [-0.25, -0.2) is 0 Å². The monoisotopic (exact) mass is 190 g/mol. The lowest BCUT2D eigenvalue weighted by atomic mass is 10.1. The lowest BCUT2D eigenvalue weighted by Crippen LogP contribution is -2.06. The Morgan fingerprint density at radius 1 is 1.64 bits per heavy atom. The Bertz CT molecular complexity index is 358. The van der Waals surface area contributed by atoms with Gasteiger partial charge in [0.15, 0.2) is 5.78 Å². The Labute approximate surface area is 83.7 Å². The fourth-order valence-electron chi connectivity index (χ4n) is 1.09. The summed E-state index contributed by atoms with van der Waals surface area (Å²) in [7, 11) is 0. The molecule has 0 aliphatic heterocycles. The SMILES string of the molecule is C=C(CC)CC(=O)c1ncccc1N. The summed E-state index contributed by atoms with van der Waals surface area (Å²) in [5, 5.41) is 0. The number of hydrogen-bond acceptors (Lipinski definition) is 3. The summed E-state index contributed by atoms with van der Waals surface area (Å²) in [6.45, 7) is 5.75. The van der Waals surface area contributed by atoms with Crippen LogP contribution in [0.1, 0.15) is 30.3 Å². The molecule has 0 atom stereocenters. The zero-order valence-corrected chi connectivity index (χ0v) is 8.29. The zero-order chi connectivity index (χ0) is 10.6. The number of Topliss-reactive ketones (excluding diaryl/α,β-unsaturated/α-hetero) is 1. The summed E-state index contributed by atoms with van der Waals surface area (Å²) in [6, 6.07) is 3.38. The minimum atomic E-state index is -0.0602. The molecular formula is C11H14N2O. The van der Waals surface area contributed by atoms with Gasteiger partial charge in [-0.2, -0.15) is 0 Å². The van der Waals surface area contributed by atoms with Crippen molar-refractivity contribution in [2.75, 3.05) is 5.73 Å². The molecule has 0 unspecified atom stereocenters. The number of anilines is 1. The molecular weight excluding hydrogens is 176 g/mol. The largest absolute Gasteiger partial charge is 0.397 e. The molecule has 0 aliphatic carbocycles. The van der Waals surface area contributed by atoms with Crippen LogP contribution in [0, 0.1) is 0 Å². The third-order valence-electron chi connectivity index (χ3n) is 2.01. The predicted molar refractivity (Wildman–Crippen MR) is 57.0 cm³/mol. The molecule has 1 rings (SSSR count). The number of nitrogens with two attached hydrogens (primary N) is 1. The molecule has 0 aliphatic rings. The van der Waals surface area contributed by atoms with Crippen molar-refractivity contribution in [2.24, 2.45) is 0 Å². The second kappa shape index (κ2) is 4.56. The van der Waals surface area contributed by atoms with E-state index in [0.29, 0.717) is 17.8 Å². The summed E-state index contributed by atoms with van der Waals surface area (Å²) >= 11 is 0. The number of aromatic nitrogens is 1. The van der Waals surface area contributed by atoms with Crippen molar-refractivity contribution >= 4 is 11.5 Å². The van der Waals surface area contributed by atoms with Crippen molar-refractivity contribution in [1.82, 2.24) is 4.98 Å². The smallest absolute Gasteiger partial charge is 0.187 e. The number of carbonyl (C=O) groups excluding carboxylic acids is 1. The number of allylic oxidation sites excluding steroid dienone is 1. The van der Waals surface area contributed by atoms with E-state index >= 15 is 0 Å². The van der Waals surface area contributed by atoms with Gasteiger partial charge in [0.2, 0.25) is 0 Å². The molecule has 74 valence electrons. The highest BCUT2D eigenvalue weighted by Gasteiger charge is 2.10. The molecule has 14 heavy (non-hydrogen) atoms. The van der Waals surface area contributed by atoms with E-state index < -0.39 is 0 Å². The van der Waals surface area contributed by atoms with Crippen LogP contribution in [-0.2, 0) is 0 Å². The van der Waals surface area contributed by atoms with Crippen LogP contribution in [0.15, 0.2) is 30.5 Å². The van der Waals surface area contributed by atoms with Gasteiger partial charge in [-0.15, -0.1) is 0 Å². The number of pyridine rings is 1. The number of carbonyl (C=O) groups is 1. The van der Waals surface area contributed by atoms with Crippen LogP contribution < -0.4 is 5.73 Å². The fraction of sp³-hybridized carbons (Fsp3) is 0.273. The molecule has 2 N–H and O–H groups in total. The van der Waals surface area contributed by atoms with Crippen LogP contribution in [0.2, 0.25) is 0 Å². The second-order valence-corrected chi connectivity index (χ2v) is 3.14. The van der Waals surface area contributed by atoms with Gasteiger partial charge in [0, 0.05) is 12.6 Å². The van der Waals surface area contributed by atoms with Crippen molar-refractivity contribution in [1.29, 1.82) is 0 Å². The van der Waals surface area contributed by atoms with Gasteiger partial charge < -0.3 is 5.73 Å². The van der Waals surface area contributed by atoms with Crippen LogP contribution in [0.4, 0.5) is 5.69 Å². The summed E-state index contributed by atoms with van der Waals surface area (Å²) in [4.78, 5) is 15.6. The first-order valence-electron chi connectivity index (χ1n) is 4.55. The number of rotatable bonds is 4. The second-order valence-electron chi connectivity index (χ2n) is 3.14. The van der Waals surface area contributed by atoms with Gasteiger partial charge in [0.1, 0.15) is 5.69 Å². The Kier molecular flexibility index (Phi) is 3.40. The van der Waals surface area contributed by atoms with Crippen LogP contribution in [0.3, 0.4) is 0 Å². The lowest BCUT2D eigenvalue weighted by Gasteiger charge is -2.03. The normalized spacial score (nSPS) is 9.79. The number of ketones is 1. The topological polar surface area (TPSA) is 56.0 Å². The van der Waals surface area contributed by atoms with E-state index in [4.69, 9.17) is 5.73 Å². The van der Waals surface area contributed by atoms with Gasteiger partial charge in [0.05, 0.1) is 5.69 Å². The molecule has 1 aromatic rings. The first kappa shape index (κ1) is 10.4. The molecule has 0 saturated carbocycles. The van der Waals surface area contributed by atoms with Crippen molar-refractivity contribution in [3.8, 4) is 0 Å². The van der Waals surface area contributed by atoms with Gasteiger partial charge in [-0.1, -0.05) is 19.1 Å². The maximum Gasteiger partial charge on any atom is 0.187 e. The Morgan fingerprint density at radius 3 is 2.93 bits per heavy atom. The highest BCUT2D eigenvalue weighted by molar-refractivity contribution is 5.99. The van der Waals surface area contributed by atoms with E-state index in [1.54, 1.807) is 18.3 Å². The maximum absolute atomic E-state index is 11.6.